The molecule has 32 heavy (non-hydrogen) atoms. The Hall–Kier alpha value is -3.69. The zero-order valence-corrected chi connectivity index (χ0v) is 17.8. The Bertz CT molecular complexity index is 1100. The Labute approximate surface area is 184 Å². The van der Waals surface area contributed by atoms with Gasteiger partial charge in [0.25, 0.3) is 5.56 Å². The van der Waals surface area contributed by atoms with Crippen molar-refractivity contribution in [3.05, 3.63) is 45.7 Å². The molecule has 3 amide bonds. The molecule has 1 unspecified atom stereocenters. The number of carbonyl (C=O) groups is 3. The number of amides is 3. The molecule has 0 radical (unpaired) electrons. The van der Waals surface area contributed by atoms with Crippen LogP contribution in [0.2, 0.25) is 0 Å². The fourth-order valence-corrected chi connectivity index (χ4v) is 4.16. The lowest BCUT2D eigenvalue weighted by Crippen LogP contribution is -2.41. The molecule has 3 heterocycles. The van der Waals surface area contributed by atoms with Gasteiger partial charge in [0.15, 0.2) is 0 Å². The number of fused-ring (bicyclic) bond motifs is 1. The maximum atomic E-state index is 12.9. The Balaban J connectivity index is 1.57. The summed E-state index contributed by atoms with van der Waals surface area (Å²) in [6.07, 6.45) is 1.86. The van der Waals surface area contributed by atoms with Crippen LogP contribution in [0.5, 0.6) is 0 Å². The highest BCUT2D eigenvalue weighted by molar-refractivity contribution is 6.04. The van der Waals surface area contributed by atoms with Gasteiger partial charge in [0.05, 0.1) is 11.5 Å². The Morgan fingerprint density at radius 2 is 1.88 bits per heavy atom. The molecule has 1 saturated heterocycles. The van der Waals surface area contributed by atoms with Gasteiger partial charge in [-0.1, -0.05) is 19.1 Å². The summed E-state index contributed by atoms with van der Waals surface area (Å²) in [5.41, 5.74) is 6.78. The molecule has 1 aromatic carbocycles. The Morgan fingerprint density at radius 1 is 1.19 bits per heavy atom. The van der Waals surface area contributed by atoms with E-state index in [2.05, 4.69) is 20.6 Å². The van der Waals surface area contributed by atoms with Crippen molar-refractivity contribution in [2.75, 3.05) is 28.6 Å². The molecule has 10 heteroatoms. The molecule has 5 N–H and O–H groups in total. The van der Waals surface area contributed by atoms with Crippen molar-refractivity contribution >= 4 is 35.2 Å². The minimum absolute atomic E-state index is 0.0958. The van der Waals surface area contributed by atoms with Gasteiger partial charge in [-0.15, -0.1) is 0 Å². The third-order valence-electron chi connectivity index (χ3n) is 6.08. The van der Waals surface area contributed by atoms with Gasteiger partial charge in [-0.25, -0.2) is 0 Å². The van der Waals surface area contributed by atoms with E-state index in [-0.39, 0.29) is 35.5 Å². The van der Waals surface area contributed by atoms with Crippen LogP contribution in [0.3, 0.4) is 0 Å². The summed E-state index contributed by atoms with van der Waals surface area (Å²) in [6.45, 7) is 3.04. The van der Waals surface area contributed by atoms with E-state index in [1.807, 2.05) is 24.0 Å². The average molecular weight is 438 g/mol. The molecule has 0 aliphatic carbocycles. The zero-order chi connectivity index (χ0) is 22.8. The fourth-order valence-electron chi connectivity index (χ4n) is 4.16. The number of anilines is 3. The number of nitrogens with two attached hydrogens (primary N) is 1. The maximum Gasteiger partial charge on any atom is 0.258 e. The number of primary amides is 1. The van der Waals surface area contributed by atoms with Crippen molar-refractivity contribution in [1.29, 1.82) is 0 Å². The third kappa shape index (κ3) is 4.34. The Kier molecular flexibility index (Phi) is 5.93. The monoisotopic (exact) mass is 438 g/mol. The molecule has 1 aromatic heterocycles. The van der Waals surface area contributed by atoms with Gasteiger partial charge >= 0.3 is 0 Å². The first-order valence-electron chi connectivity index (χ1n) is 10.7. The molecular weight excluding hydrogens is 412 g/mol. The topological polar surface area (TPSA) is 150 Å². The van der Waals surface area contributed by atoms with Crippen LogP contribution < -0.4 is 26.8 Å². The van der Waals surface area contributed by atoms with E-state index < -0.39 is 17.4 Å². The summed E-state index contributed by atoms with van der Waals surface area (Å²) >= 11 is 0. The van der Waals surface area contributed by atoms with E-state index >= 15 is 0 Å². The summed E-state index contributed by atoms with van der Waals surface area (Å²) in [6, 6.07) is 7.42. The second-order valence-electron chi connectivity index (χ2n) is 8.16. The molecule has 2 aromatic rings. The first-order chi connectivity index (χ1) is 15.4. The molecule has 10 nitrogen and oxygen atoms in total. The number of nitrogens with zero attached hydrogens (tertiary/aromatic N) is 2. The standard InChI is InChI=1S/C22H26N6O4/c1-2-12-3-5-14(6-4-12)24-20(31)15-11-16(29)25-19-17(15)21(32)27-22(26-19)28-9-7-13(8-10-28)18(23)30/h3-6,13,15H,2,7-11H2,1H3,(H2,23,30)(H,24,31)(H2,25,26,27,29,32). The van der Waals surface area contributed by atoms with Crippen LogP contribution in [-0.2, 0) is 20.8 Å². The molecule has 0 saturated carbocycles. The lowest BCUT2D eigenvalue weighted by Gasteiger charge is -2.32. The normalized spacial score (nSPS) is 18.6. The number of carbonyl (C=O) groups excluding carboxylic acids is 3. The van der Waals surface area contributed by atoms with Crippen molar-refractivity contribution < 1.29 is 14.4 Å². The lowest BCUT2D eigenvalue weighted by atomic mass is 9.92. The van der Waals surface area contributed by atoms with Crippen LogP contribution in [0.15, 0.2) is 29.1 Å². The van der Waals surface area contributed by atoms with Gasteiger partial charge in [-0.2, -0.15) is 4.98 Å². The third-order valence-corrected chi connectivity index (χ3v) is 6.08. The van der Waals surface area contributed by atoms with Gasteiger partial charge in [0.2, 0.25) is 23.7 Å². The van der Waals surface area contributed by atoms with E-state index in [4.69, 9.17) is 5.73 Å². The molecule has 0 spiro atoms. The van der Waals surface area contributed by atoms with Crippen molar-refractivity contribution in [3.63, 3.8) is 0 Å². The maximum absolute atomic E-state index is 12.9. The molecule has 2 aliphatic rings. The van der Waals surface area contributed by atoms with E-state index in [0.717, 1.165) is 12.0 Å². The molecule has 4 rings (SSSR count). The van der Waals surface area contributed by atoms with E-state index in [1.54, 1.807) is 12.1 Å². The molecule has 0 bridgehead atoms. The number of nitrogens with one attached hydrogen (secondary N) is 3. The minimum atomic E-state index is -0.949. The SMILES string of the molecule is CCc1ccc(NC(=O)C2CC(=O)Nc3nc(N4CCC(C(N)=O)CC4)[nH]c(=O)c32)cc1. The number of H-pyrrole nitrogens is 1. The lowest BCUT2D eigenvalue weighted by molar-refractivity contribution is -0.123. The van der Waals surface area contributed by atoms with E-state index in [1.165, 1.54) is 0 Å². The molecule has 2 aliphatic heterocycles. The summed E-state index contributed by atoms with van der Waals surface area (Å²) in [7, 11) is 0. The second-order valence-corrected chi connectivity index (χ2v) is 8.16. The number of hydrogen-bond acceptors (Lipinski definition) is 6. The number of hydrogen-bond donors (Lipinski definition) is 4. The highest BCUT2D eigenvalue weighted by Crippen LogP contribution is 2.31. The summed E-state index contributed by atoms with van der Waals surface area (Å²) in [4.78, 5) is 58.5. The van der Waals surface area contributed by atoms with Gasteiger partial charge < -0.3 is 21.3 Å². The van der Waals surface area contributed by atoms with Gasteiger partial charge in [-0.05, 0) is 37.0 Å². The predicted octanol–water partition coefficient (Wildman–Crippen LogP) is 1.10. The van der Waals surface area contributed by atoms with Crippen molar-refractivity contribution in [2.45, 2.75) is 38.5 Å². The van der Waals surface area contributed by atoms with Gasteiger partial charge in [0, 0.05) is 31.1 Å². The quantitative estimate of drug-likeness (QED) is 0.549. The highest BCUT2D eigenvalue weighted by atomic mass is 16.2. The van der Waals surface area contributed by atoms with Crippen LogP contribution in [0.25, 0.3) is 0 Å². The van der Waals surface area contributed by atoms with E-state index in [9.17, 15) is 19.2 Å². The number of aromatic amines is 1. The molecule has 1 atom stereocenters. The summed E-state index contributed by atoms with van der Waals surface area (Å²) < 4.78 is 0. The second kappa shape index (κ2) is 8.81. The van der Waals surface area contributed by atoms with Crippen LogP contribution in [0.1, 0.15) is 43.2 Å². The van der Waals surface area contributed by atoms with Crippen LogP contribution in [0, 0.1) is 5.92 Å². The summed E-state index contributed by atoms with van der Waals surface area (Å²) in [5, 5.41) is 5.41. The van der Waals surface area contributed by atoms with Crippen molar-refractivity contribution in [1.82, 2.24) is 9.97 Å². The number of piperidine rings is 1. The molecular formula is C22H26N6O4. The van der Waals surface area contributed by atoms with Gasteiger partial charge in [0.1, 0.15) is 5.82 Å². The van der Waals surface area contributed by atoms with Gasteiger partial charge in [-0.3, -0.25) is 24.2 Å². The number of rotatable bonds is 5. The largest absolute Gasteiger partial charge is 0.369 e. The minimum Gasteiger partial charge on any atom is -0.369 e. The van der Waals surface area contributed by atoms with Crippen LogP contribution in [-0.4, -0.2) is 40.8 Å². The molecule has 168 valence electrons. The predicted molar refractivity (Wildman–Crippen MR) is 119 cm³/mol. The van der Waals surface area contributed by atoms with Crippen molar-refractivity contribution in [3.8, 4) is 0 Å². The number of aromatic nitrogens is 2. The first kappa shape index (κ1) is 21.5. The summed E-state index contributed by atoms with van der Waals surface area (Å²) in [5.74, 6) is -1.90. The average Bonchev–Trinajstić information content (AvgIpc) is 2.78. The molecule has 1 fully saturated rings. The fraction of sp³-hybridized carbons (Fsp3) is 0.409. The van der Waals surface area contributed by atoms with Crippen LogP contribution in [0.4, 0.5) is 17.5 Å². The number of aryl methyl sites for hydroxylation is 1. The number of benzene rings is 1. The first-order valence-corrected chi connectivity index (χ1v) is 10.7. The van der Waals surface area contributed by atoms with Crippen molar-refractivity contribution in [2.24, 2.45) is 11.7 Å². The van der Waals surface area contributed by atoms with E-state index in [0.29, 0.717) is 37.6 Å². The smallest absolute Gasteiger partial charge is 0.258 e. The van der Waals surface area contributed by atoms with Crippen LogP contribution >= 0.6 is 0 Å². The zero-order valence-electron chi connectivity index (χ0n) is 17.8. The Morgan fingerprint density at radius 3 is 2.50 bits per heavy atom. The highest BCUT2D eigenvalue weighted by Gasteiger charge is 2.35.